The molecular formula is C11H12FN5OS. The molecule has 0 unspecified atom stereocenters. The van der Waals surface area contributed by atoms with Crippen LogP contribution in [-0.2, 0) is 4.79 Å². The number of H-pyrrole nitrogens is 1. The molecule has 0 fully saturated rings. The highest BCUT2D eigenvalue weighted by Gasteiger charge is 2.05. The predicted molar refractivity (Wildman–Crippen MR) is 71.2 cm³/mol. The minimum atomic E-state index is -0.501. The van der Waals surface area contributed by atoms with Crippen LogP contribution in [0.4, 0.5) is 15.8 Å². The monoisotopic (exact) mass is 281 g/mol. The molecule has 0 saturated heterocycles. The van der Waals surface area contributed by atoms with E-state index in [9.17, 15) is 9.18 Å². The quantitative estimate of drug-likeness (QED) is 0.572. The first kappa shape index (κ1) is 13.3. The van der Waals surface area contributed by atoms with E-state index >= 15 is 0 Å². The molecule has 2 aromatic rings. The number of anilines is 2. The first-order chi connectivity index (χ1) is 9.15. The Morgan fingerprint density at radius 3 is 3.05 bits per heavy atom. The molecule has 0 aliphatic rings. The maximum atomic E-state index is 12.9. The number of nitrogen functional groups attached to an aromatic ring is 1. The number of carbonyl (C=O) groups excluding carboxylic acids is 1. The molecule has 1 heterocycles. The van der Waals surface area contributed by atoms with Gasteiger partial charge in [0, 0.05) is 17.9 Å². The first-order valence-corrected chi connectivity index (χ1v) is 6.47. The summed E-state index contributed by atoms with van der Waals surface area (Å²) >= 11 is 1.40. The van der Waals surface area contributed by atoms with E-state index in [0.29, 0.717) is 23.0 Å². The molecule has 0 aliphatic carbocycles. The van der Waals surface area contributed by atoms with Gasteiger partial charge >= 0.3 is 0 Å². The van der Waals surface area contributed by atoms with Crippen molar-refractivity contribution < 1.29 is 9.18 Å². The van der Waals surface area contributed by atoms with Crippen LogP contribution in [-0.4, -0.2) is 26.8 Å². The second-order valence-corrected chi connectivity index (χ2v) is 4.76. The van der Waals surface area contributed by atoms with E-state index in [0.717, 1.165) is 0 Å². The van der Waals surface area contributed by atoms with Crippen LogP contribution in [0.25, 0.3) is 0 Å². The number of rotatable bonds is 5. The summed E-state index contributed by atoms with van der Waals surface area (Å²) in [6.07, 6.45) is 1.71. The third-order valence-electron chi connectivity index (χ3n) is 2.24. The fourth-order valence-electron chi connectivity index (χ4n) is 1.35. The zero-order valence-electron chi connectivity index (χ0n) is 9.89. The summed E-state index contributed by atoms with van der Waals surface area (Å²) in [6, 6.07) is 4.07. The highest BCUT2D eigenvalue weighted by atomic mass is 32.2. The van der Waals surface area contributed by atoms with Crippen molar-refractivity contribution >= 4 is 29.0 Å². The topological polar surface area (TPSA) is 96.7 Å². The normalized spacial score (nSPS) is 10.4. The van der Waals surface area contributed by atoms with E-state index in [1.165, 1.54) is 36.3 Å². The average Bonchev–Trinajstić information content (AvgIpc) is 2.87. The largest absolute Gasteiger partial charge is 0.396 e. The Labute approximate surface area is 113 Å². The second-order valence-electron chi connectivity index (χ2n) is 3.67. The molecule has 0 atom stereocenters. The number of thioether (sulfide) groups is 1. The number of aromatic nitrogens is 3. The van der Waals surface area contributed by atoms with Crippen molar-refractivity contribution in [3.63, 3.8) is 0 Å². The fraction of sp³-hybridized carbons (Fsp3) is 0.182. The van der Waals surface area contributed by atoms with Crippen molar-refractivity contribution in [2.75, 3.05) is 16.8 Å². The molecule has 19 heavy (non-hydrogen) atoms. The molecular weight excluding hydrogens is 269 g/mol. The number of hydrogen-bond acceptors (Lipinski definition) is 5. The summed E-state index contributed by atoms with van der Waals surface area (Å²) in [6.45, 7) is 0. The van der Waals surface area contributed by atoms with Crippen LogP contribution in [0.2, 0.25) is 0 Å². The summed E-state index contributed by atoms with van der Waals surface area (Å²) in [5.41, 5.74) is 5.90. The van der Waals surface area contributed by atoms with E-state index in [4.69, 9.17) is 5.73 Å². The Bertz CT molecular complexity index is 560. The van der Waals surface area contributed by atoms with Gasteiger partial charge in [0.1, 0.15) is 12.1 Å². The van der Waals surface area contributed by atoms with E-state index in [-0.39, 0.29) is 11.6 Å². The number of nitrogens with zero attached hydrogens (tertiary/aromatic N) is 2. The molecule has 2 rings (SSSR count). The molecule has 1 amide bonds. The molecule has 0 spiro atoms. The van der Waals surface area contributed by atoms with Gasteiger partial charge in [-0.1, -0.05) is 11.8 Å². The van der Waals surface area contributed by atoms with Gasteiger partial charge in [0.15, 0.2) is 5.16 Å². The molecule has 0 radical (unpaired) electrons. The maximum absolute atomic E-state index is 12.9. The van der Waals surface area contributed by atoms with Gasteiger partial charge in [-0.15, -0.1) is 0 Å². The van der Waals surface area contributed by atoms with E-state index in [1.54, 1.807) is 0 Å². The molecule has 0 saturated carbocycles. The van der Waals surface area contributed by atoms with Gasteiger partial charge in [-0.25, -0.2) is 9.37 Å². The molecule has 4 N–H and O–H groups in total. The predicted octanol–water partition coefficient (Wildman–Crippen LogP) is 1.65. The second kappa shape index (κ2) is 6.19. The Morgan fingerprint density at radius 1 is 1.53 bits per heavy atom. The summed E-state index contributed by atoms with van der Waals surface area (Å²) < 4.78 is 12.9. The summed E-state index contributed by atoms with van der Waals surface area (Å²) in [4.78, 5) is 15.6. The minimum absolute atomic E-state index is 0.00818. The van der Waals surface area contributed by atoms with Crippen LogP contribution >= 0.6 is 11.8 Å². The van der Waals surface area contributed by atoms with Crippen LogP contribution in [0.1, 0.15) is 6.42 Å². The number of aromatic amines is 1. The van der Waals surface area contributed by atoms with Crippen molar-refractivity contribution in [3.8, 4) is 0 Å². The summed E-state index contributed by atoms with van der Waals surface area (Å²) in [7, 11) is 0. The van der Waals surface area contributed by atoms with Gasteiger partial charge in [0.25, 0.3) is 0 Å². The molecule has 8 heteroatoms. The van der Waals surface area contributed by atoms with E-state index < -0.39 is 5.82 Å². The molecule has 6 nitrogen and oxygen atoms in total. The van der Waals surface area contributed by atoms with Crippen LogP contribution in [0.5, 0.6) is 0 Å². The third-order valence-corrected chi connectivity index (χ3v) is 3.12. The van der Waals surface area contributed by atoms with E-state index in [1.807, 2.05) is 0 Å². The number of hydrogen-bond donors (Lipinski definition) is 3. The third kappa shape index (κ3) is 3.95. The highest BCUT2D eigenvalue weighted by Crippen LogP contribution is 2.17. The van der Waals surface area contributed by atoms with Gasteiger partial charge in [0.05, 0.1) is 5.69 Å². The minimum Gasteiger partial charge on any atom is -0.396 e. The molecule has 1 aromatic heterocycles. The number of amides is 1. The lowest BCUT2D eigenvalue weighted by Crippen LogP contribution is -2.12. The van der Waals surface area contributed by atoms with Gasteiger partial charge in [-0.2, -0.15) is 5.10 Å². The lowest BCUT2D eigenvalue weighted by atomic mass is 10.2. The Morgan fingerprint density at radius 2 is 2.37 bits per heavy atom. The number of nitrogens with two attached hydrogens (primary N) is 1. The van der Waals surface area contributed by atoms with Gasteiger partial charge < -0.3 is 11.1 Å². The number of benzene rings is 1. The number of halogens is 1. The molecule has 100 valence electrons. The first-order valence-electron chi connectivity index (χ1n) is 5.48. The highest BCUT2D eigenvalue weighted by molar-refractivity contribution is 7.99. The number of nitrogens with one attached hydrogen (secondary N) is 2. The zero-order valence-corrected chi connectivity index (χ0v) is 10.7. The molecule has 1 aromatic carbocycles. The Kier molecular flexibility index (Phi) is 4.35. The van der Waals surface area contributed by atoms with Crippen molar-refractivity contribution in [1.82, 2.24) is 15.2 Å². The van der Waals surface area contributed by atoms with Crippen molar-refractivity contribution in [2.24, 2.45) is 0 Å². The van der Waals surface area contributed by atoms with Crippen molar-refractivity contribution in [3.05, 3.63) is 30.3 Å². The summed E-state index contributed by atoms with van der Waals surface area (Å²) in [5, 5.41) is 9.70. The molecule has 0 bridgehead atoms. The maximum Gasteiger partial charge on any atom is 0.225 e. The lowest BCUT2D eigenvalue weighted by Gasteiger charge is -2.05. The number of carbonyl (C=O) groups is 1. The van der Waals surface area contributed by atoms with Gasteiger partial charge in [-0.05, 0) is 18.2 Å². The lowest BCUT2D eigenvalue weighted by molar-refractivity contribution is -0.115. The van der Waals surface area contributed by atoms with Gasteiger partial charge in [0.2, 0.25) is 5.91 Å². The van der Waals surface area contributed by atoms with Crippen LogP contribution < -0.4 is 11.1 Å². The fourth-order valence-corrected chi connectivity index (χ4v) is 2.07. The van der Waals surface area contributed by atoms with Crippen LogP contribution in [0.15, 0.2) is 29.7 Å². The van der Waals surface area contributed by atoms with Crippen molar-refractivity contribution in [2.45, 2.75) is 11.6 Å². The zero-order chi connectivity index (χ0) is 13.7. The average molecular weight is 281 g/mol. The SMILES string of the molecule is Nc1cc(NC(=O)CCSc2ncn[nH]2)ccc1F. The van der Waals surface area contributed by atoms with Gasteiger partial charge in [-0.3, -0.25) is 9.89 Å². The summed E-state index contributed by atoms with van der Waals surface area (Å²) in [5.74, 6) is -0.102. The molecule has 0 aliphatic heterocycles. The Hall–Kier alpha value is -2.09. The standard InChI is InChI=1S/C11H12FN5OS/c12-8-2-1-7(5-9(8)13)16-10(18)3-4-19-11-14-6-15-17-11/h1-2,5-6H,3-4,13H2,(H,16,18)(H,14,15,17). The smallest absolute Gasteiger partial charge is 0.225 e. The van der Waals surface area contributed by atoms with Crippen molar-refractivity contribution in [1.29, 1.82) is 0 Å². The van der Waals surface area contributed by atoms with Crippen LogP contribution in [0, 0.1) is 5.82 Å². The Balaban J connectivity index is 1.79. The van der Waals surface area contributed by atoms with Crippen LogP contribution in [0.3, 0.4) is 0 Å². The van der Waals surface area contributed by atoms with E-state index in [2.05, 4.69) is 20.5 Å².